The van der Waals surface area contributed by atoms with Gasteiger partial charge < -0.3 is 5.32 Å². The first-order valence-electron chi connectivity index (χ1n) is 6.07. The third kappa shape index (κ3) is 2.75. The third-order valence-electron chi connectivity index (χ3n) is 2.77. The van der Waals surface area contributed by atoms with Gasteiger partial charge in [-0.25, -0.2) is 9.97 Å². The summed E-state index contributed by atoms with van der Waals surface area (Å²) in [5.74, 6) is 0.750. The first-order valence-corrected chi connectivity index (χ1v) is 6.45. The lowest BCUT2D eigenvalue weighted by Crippen LogP contribution is -1.96. The van der Waals surface area contributed by atoms with Crippen molar-refractivity contribution in [1.82, 2.24) is 15.0 Å². The molecule has 1 N–H and O–H groups in total. The standard InChI is InChI=1S/C15H11ClN4/c16-14-8-13(20-15-5-1-2-7-18-15)12(10-19-14)11-4-3-6-17-9-11/h1-10H,(H,18,19,20). The van der Waals surface area contributed by atoms with Gasteiger partial charge in [0.15, 0.2) is 0 Å². The van der Waals surface area contributed by atoms with Gasteiger partial charge in [0.1, 0.15) is 11.0 Å². The number of hydrogen-bond acceptors (Lipinski definition) is 4. The van der Waals surface area contributed by atoms with E-state index in [1.54, 1.807) is 30.9 Å². The van der Waals surface area contributed by atoms with Crippen LogP contribution in [0, 0.1) is 0 Å². The second kappa shape index (κ2) is 5.67. The summed E-state index contributed by atoms with van der Waals surface area (Å²) in [4.78, 5) is 12.5. The minimum absolute atomic E-state index is 0.427. The Hall–Kier alpha value is -2.46. The molecule has 0 aliphatic heterocycles. The highest BCUT2D eigenvalue weighted by Gasteiger charge is 2.08. The first-order chi connectivity index (χ1) is 9.83. The SMILES string of the molecule is Clc1cc(Nc2ccccn2)c(-c2cccnc2)cn1. The second-order valence-corrected chi connectivity index (χ2v) is 4.52. The van der Waals surface area contributed by atoms with Crippen LogP contribution < -0.4 is 5.32 Å². The largest absolute Gasteiger partial charge is 0.340 e. The molecule has 0 bridgehead atoms. The van der Waals surface area contributed by atoms with E-state index in [9.17, 15) is 0 Å². The van der Waals surface area contributed by atoms with Gasteiger partial charge in [0.2, 0.25) is 0 Å². The van der Waals surface area contributed by atoms with Crippen LogP contribution in [0.5, 0.6) is 0 Å². The number of aromatic nitrogens is 3. The van der Waals surface area contributed by atoms with Crippen LogP contribution in [0.15, 0.2) is 61.2 Å². The van der Waals surface area contributed by atoms with E-state index in [-0.39, 0.29) is 0 Å². The Bertz CT molecular complexity index is 702. The highest BCUT2D eigenvalue weighted by molar-refractivity contribution is 6.29. The number of anilines is 2. The number of halogens is 1. The van der Waals surface area contributed by atoms with E-state index in [1.165, 1.54) is 0 Å². The van der Waals surface area contributed by atoms with Crippen molar-refractivity contribution < 1.29 is 0 Å². The summed E-state index contributed by atoms with van der Waals surface area (Å²) in [5, 5.41) is 3.68. The summed E-state index contributed by atoms with van der Waals surface area (Å²) in [6.45, 7) is 0. The molecule has 98 valence electrons. The molecule has 5 heteroatoms. The lowest BCUT2D eigenvalue weighted by molar-refractivity contribution is 1.27. The smallest absolute Gasteiger partial charge is 0.131 e. The van der Waals surface area contributed by atoms with Crippen LogP contribution >= 0.6 is 11.6 Å². The minimum atomic E-state index is 0.427. The zero-order chi connectivity index (χ0) is 13.8. The van der Waals surface area contributed by atoms with Crippen LogP contribution in [0.3, 0.4) is 0 Å². The molecule has 0 aliphatic carbocycles. The van der Waals surface area contributed by atoms with Gasteiger partial charge in [-0.1, -0.05) is 23.7 Å². The van der Waals surface area contributed by atoms with Gasteiger partial charge in [-0.05, 0) is 24.3 Å². The van der Waals surface area contributed by atoms with Crippen molar-refractivity contribution in [2.24, 2.45) is 0 Å². The number of nitrogens with zero attached hydrogens (tertiary/aromatic N) is 3. The quantitative estimate of drug-likeness (QED) is 0.739. The van der Waals surface area contributed by atoms with Crippen molar-refractivity contribution in [1.29, 1.82) is 0 Å². The minimum Gasteiger partial charge on any atom is -0.340 e. The number of pyridine rings is 3. The highest BCUT2D eigenvalue weighted by Crippen LogP contribution is 2.30. The van der Waals surface area contributed by atoms with Gasteiger partial charge in [0.05, 0.1) is 5.69 Å². The maximum Gasteiger partial charge on any atom is 0.131 e. The van der Waals surface area contributed by atoms with Crippen LogP contribution in [0.25, 0.3) is 11.1 Å². The molecular weight excluding hydrogens is 272 g/mol. The Kier molecular flexibility index (Phi) is 3.56. The summed E-state index contributed by atoms with van der Waals surface area (Å²) in [5.41, 5.74) is 2.74. The summed E-state index contributed by atoms with van der Waals surface area (Å²) in [6.07, 6.45) is 6.98. The number of hydrogen-bond donors (Lipinski definition) is 1. The van der Waals surface area contributed by atoms with Crippen molar-refractivity contribution in [3.05, 3.63) is 66.3 Å². The van der Waals surface area contributed by atoms with Crippen LogP contribution in [0.2, 0.25) is 5.15 Å². The predicted molar refractivity (Wildman–Crippen MR) is 80.0 cm³/mol. The molecule has 3 heterocycles. The maximum atomic E-state index is 5.98. The average Bonchev–Trinajstić information content (AvgIpc) is 2.49. The van der Waals surface area contributed by atoms with Crippen molar-refractivity contribution in [2.45, 2.75) is 0 Å². The highest BCUT2D eigenvalue weighted by atomic mass is 35.5. The molecule has 0 unspecified atom stereocenters. The van der Waals surface area contributed by atoms with Crippen molar-refractivity contribution >= 4 is 23.1 Å². The molecule has 3 rings (SSSR count). The van der Waals surface area contributed by atoms with Gasteiger partial charge in [-0.15, -0.1) is 0 Å². The van der Waals surface area contributed by atoms with E-state index in [1.807, 2.05) is 30.3 Å². The molecule has 0 fully saturated rings. The van der Waals surface area contributed by atoms with Gasteiger partial charge in [-0.3, -0.25) is 4.98 Å². The molecule has 0 aliphatic rings. The lowest BCUT2D eigenvalue weighted by atomic mass is 10.1. The van der Waals surface area contributed by atoms with Crippen LogP contribution in [0.4, 0.5) is 11.5 Å². The molecule has 0 atom stereocenters. The predicted octanol–water partition coefficient (Wildman–Crippen LogP) is 3.94. The Morgan fingerprint density at radius 3 is 2.65 bits per heavy atom. The lowest BCUT2D eigenvalue weighted by Gasteiger charge is -2.11. The zero-order valence-corrected chi connectivity index (χ0v) is 11.2. The number of nitrogens with one attached hydrogen (secondary N) is 1. The van der Waals surface area contributed by atoms with Crippen molar-refractivity contribution in [3.8, 4) is 11.1 Å². The summed E-state index contributed by atoms with van der Waals surface area (Å²) in [6, 6.07) is 11.3. The fourth-order valence-corrected chi connectivity index (χ4v) is 2.02. The summed E-state index contributed by atoms with van der Waals surface area (Å²) < 4.78 is 0. The zero-order valence-electron chi connectivity index (χ0n) is 10.5. The second-order valence-electron chi connectivity index (χ2n) is 4.13. The normalized spacial score (nSPS) is 10.2. The first kappa shape index (κ1) is 12.6. The van der Waals surface area contributed by atoms with Crippen LogP contribution in [0.1, 0.15) is 0 Å². The maximum absolute atomic E-state index is 5.98. The van der Waals surface area contributed by atoms with Gasteiger partial charge in [-0.2, -0.15) is 0 Å². The molecule has 0 radical (unpaired) electrons. The summed E-state index contributed by atoms with van der Waals surface area (Å²) >= 11 is 5.98. The fraction of sp³-hybridized carbons (Fsp3) is 0. The molecule has 0 spiro atoms. The van der Waals surface area contributed by atoms with E-state index >= 15 is 0 Å². The Morgan fingerprint density at radius 1 is 0.950 bits per heavy atom. The van der Waals surface area contributed by atoms with Gasteiger partial charge >= 0.3 is 0 Å². The van der Waals surface area contributed by atoms with E-state index in [0.717, 1.165) is 22.6 Å². The molecular formula is C15H11ClN4. The Morgan fingerprint density at radius 2 is 1.90 bits per heavy atom. The molecule has 20 heavy (non-hydrogen) atoms. The van der Waals surface area contributed by atoms with E-state index in [2.05, 4.69) is 20.3 Å². The molecule has 3 aromatic rings. The third-order valence-corrected chi connectivity index (χ3v) is 2.98. The molecule has 4 nitrogen and oxygen atoms in total. The topological polar surface area (TPSA) is 50.7 Å². The molecule has 0 aromatic carbocycles. The summed E-state index contributed by atoms with van der Waals surface area (Å²) in [7, 11) is 0. The monoisotopic (exact) mass is 282 g/mol. The van der Waals surface area contributed by atoms with E-state index < -0.39 is 0 Å². The van der Waals surface area contributed by atoms with Crippen LogP contribution in [-0.4, -0.2) is 15.0 Å². The molecule has 0 saturated carbocycles. The van der Waals surface area contributed by atoms with E-state index in [0.29, 0.717) is 5.15 Å². The van der Waals surface area contributed by atoms with Crippen LogP contribution in [-0.2, 0) is 0 Å². The molecule has 0 amide bonds. The Labute approximate surface area is 121 Å². The van der Waals surface area contributed by atoms with Crippen molar-refractivity contribution in [2.75, 3.05) is 5.32 Å². The average molecular weight is 283 g/mol. The molecule has 0 saturated heterocycles. The fourth-order valence-electron chi connectivity index (χ4n) is 1.86. The van der Waals surface area contributed by atoms with Gasteiger partial charge in [0.25, 0.3) is 0 Å². The Balaban J connectivity index is 2.03. The number of rotatable bonds is 3. The van der Waals surface area contributed by atoms with Crippen molar-refractivity contribution in [3.63, 3.8) is 0 Å². The molecule has 3 aromatic heterocycles. The van der Waals surface area contributed by atoms with E-state index in [4.69, 9.17) is 11.6 Å². The van der Waals surface area contributed by atoms with Gasteiger partial charge in [0, 0.05) is 35.9 Å².